The average molecular weight is 456 g/mol. The minimum atomic E-state index is -3.76. The summed E-state index contributed by atoms with van der Waals surface area (Å²) < 4.78 is 34.4. The van der Waals surface area contributed by atoms with Crippen molar-refractivity contribution in [1.29, 1.82) is 0 Å². The zero-order chi connectivity index (χ0) is 22.9. The first-order valence-corrected chi connectivity index (χ1v) is 11.7. The molecule has 0 saturated carbocycles. The van der Waals surface area contributed by atoms with Gasteiger partial charge in [0.05, 0.1) is 23.6 Å². The number of carbonyl (C=O) groups excluding carboxylic acids is 1. The van der Waals surface area contributed by atoms with Crippen molar-refractivity contribution in [3.8, 4) is 0 Å². The van der Waals surface area contributed by atoms with Gasteiger partial charge in [0, 0.05) is 45.3 Å². The number of fused-ring (bicyclic) bond motifs is 1. The molecule has 0 N–H and O–H groups in total. The standard InChI is InChI=1S/C23H25N3O5S/c1-24-16-20(23(28)25(2)15-17-6-4-3-5-7-17)22(27)19-14-18(8-9-21(19)24)32(29,30)26-10-12-31-13-11-26/h3-9,14,16H,10-13,15H2,1-2H3. The molecule has 0 aliphatic carbocycles. The third kappa shape index (κ3) is 4.19. The zero-order valence-corrected chi connectivity index (χ0v) is 18.8. The number of hydrogen-bond donors (Lipinski definition) is 0. The molecule has 1 saturated heterocycles. The molecular weight excluding hydrogens is 430 g/mol. The Kier molecular flexibility index (Phi) is 6.14. The number of carbonyl (C=O) groups is 1. The third-order valence-electron chi connectivity index (χ3n) is 5.61. The molecule has 1 aliphatic heterocycles. The van der Waals surface area contributed by atoms with Crippen LogP contribution in [0.2, 0.25) is 0 Å². The summed E-state index contributed by atoms with van der Waals surface area (Å²) in [4.78, 5) is 27.8. The second kappa shape index (κ2) is 8.85. The first kappa shape index (κ1) is 22.2. The van der Waals surface area contributed by atoms with Crippen molar-refractivity contribution in [3.63, 3.8) is 0 Å². The molecule has 9 heteroatoms. The number of pyridine rings is 1. The van der Waals surface area contributed by atoms with Gasteiger partial charge in [-0.3, -0.25) is 9.59 Å². The molecule has 2 aromatic carbocycles. The normalized spacial score (nSPS) is 15.1. The van der Waals surface area contributed by atoms with Gasteiger partial charge < -0.3 is 14.2 Å². The predicted molar refractivity (Wildman–Crippen MR) is 121 cm³/mol. The maximum absolute atomic E-state index is 13.2. The van der Waals surface area contributed by atoms with Gasteiger partial charge in [-0.25, -0.2) is 8.42 Å². The van der Waals surface area contributed by atoms with Crippen LogP contribution in [-0.4, -0.2) is 61.4 Å². The first-order valence-electron chi connectivity index (χ1n) is 10.3. The van der Waals surface area contributed by atoms with Crippen molar-refractivity contribution < 1.29 is 17.9 Å². The molecule has 1 aromatic heterocycles. The van der Waals surface area contributed by atoms with Crippen LogP contribution >= 0.6 is 0 Å². The summed E-state index contributed by atoms with van der Waals surface area (Å²) in [6.07, 6.45) is 1.50. The SMILES string of the molecule is CN(Cc1ccccc1)C(=O)c1cn(C)c2ccc(S(=O)(=O)N3CCOCC3)cc2c1=O. The molecule has 1 aliphatic rings. The van der Waals surface area contributed by atoms with Crippen LogP contribution in [0.3, 0.4) is 0 Å². The maximum atomic E-state index is 13.2. The van der Waals surface area contributed by atoms with Crippen LogP contribution in [0.4, 0.5) is 0 Å². The lowest BCUT2D eigenvalue weighted by atomic mass is 10.1. The quantitative estimate of drug-likeness (QED) is 0.586. The van der Waals surface area contributed by atoms with Gasteiger partial charge in [0.2, 0.25) is 15.5 Å². The van der Waals surface area contributed by atoms with E-state index >= 15 is 0 Å². The zero-order valence-electron chi connectivity index (χ0n) is 18.0. The Bertz CT molecular complexity index is 1310. The summed E-state index contributed by atoms with van der Waals surface area (Å²) in [6, 6.07) is 14.0. The number of aryl methyl sites for hydroxylation is 1. The third-order valence-corrected chi connectivity index (χ3v) is 7.50. The molecule has 0 atom stereocenters. The molecule has 32 heavy (non-hydrogen) atoms. The Balaban J connectivity index is 1.73. The molecule has 0 spiro atoms. The van der Waals surface area contributed by atoms with Crippen LogP contribution in [0.15, 0.2) is 64.4 Å². The van der Waals surface area contributed by atoms with Crippen molar-refractivity contribution in [1.82, 2.24) is 13.8 Å². The van der Waals surface area contributed by atoms with Crippen LogP contribution in [0.5, 0.6) is 0 Å². The van der Waals surface area contributed by atoms with Gasteiger partial charge >= 0.3 is 0 Å². The lowest BCUT2D eigenvalue weighted by Crippen LogP contribution is -2.40. The van der Waals surface area contributed by atoms with Crippen molar-refractivity contribution >= 4 is 26.8 Å². The lowest BCUT2D eigenvalue weighted by molar-refractivity contribution is 0.0730. The highest BCUT2D eigenvalue weighted by atomic mass is 32.2. The molecule has 8 nitrogen and oxygen atoms in total. The molecule has 2 heterocycles. The van der Waals surface area contributed by atoms with Gasteiger partial charge in [0.15, 0.2) is 0 Å². The number of morpholine rings is 1. The summed E-state index contributed by atoms with van der Waals surface area (Å²) in [7, 11) is -0.398. The largest absolute Gasteiger partial charge is 0.379 e. The van der Waals surface area contributed by atoms with Crippen LogP contribution in [0, 0.1) is 0 Å². The van der Waals surface area contributed by atoms with E-state index < -0.39 is 21.4 Å². The Morgan fingerprint density at radius 2 is 1.78 bits per heavy atom. The van der Waals surface area contributed by atoms with E-state index in [-0.39, 0.29) is 28.9 Å². The number of ether oxygens (including phenoxy) is 1. The summed E-state index contributed by atoms with van der Waals surface area (Å²) in [6.45, 7) is 1.55. The number of sulfonamides is 1. The fraction of sp³-hybridized carbons (Fsp3) is 0.304. The maximum Gasteiger partial charge on any atom is 0.259 e. The molecular formula is C23H25N3O5S. The number of amides is 1. The van der Waals surface area contributed by atoms with Gasteiger partial charge in [-0.15, -0.1) is 0 Å². The predicted octanol–water partition coefficient (Wildman–Crippen LogP) is 1.83. The minimum Gasteiger partial charge on any atom is -0.379 e. The van der Waals surface area contributed by atoms with Crippen LogP contribution in [-0.2, 0) is 28.4 Å². The smallest absolute Gasteiger partial charge is 0.259 e. The summed E-state index contributed by atoms with van der Waals surface area (Å²) in [5, 5.41) is 0.195. The van der Waals surface area contributed by atoms with E-state index in [0.29, 0.717) is 25.3 Å². The molecule has 168 valence electrons. The van der Waals surface area contributed by atoms with Gasteiger partial charge in [-0.05, 0) is 23.8 Å². The Morgan fingerprint density at radius 1 is 1.09 bits per heavy atom. The number of aromatic nitrogens is 1. The second-order valence-electron chi connectivity index (χ2n) is 7.83. The van der Waals surface area contributed by atoms with Crippen molar-refractivity contribution in [2.24, 2.45) is 7.05 Å². The van der Waals surface area contributed by atoms with E-state index in [9.17, 15) is 18.0 Å². The number of benzene rings is 2. The Labute approximate surface area is 186 Å². The summed E-state index contributed by atoms with van der Waals surface area (Å²) in [5.74, 6) is -0.419. The van der Waals surface area contributed by atoms with E-state index in [4.69, 9.17) is 4.74 Å². The van der Waals surface area contributed by atoms with E-state index in [2.05, 4.69) is 0 Å². The minimum absolute atomic E-state index is 0.000600. The van der Waals surface area contributed by atoms with Crippen LogP contribution in [0.1, 0.15) is 15.9 Å². The fourth-order valence-electron chi connectivity index (χ4n) is 3.86. The highest BCUT2D eigenvalue weighted by Crippen LogP contribution is 2.22. The molecule has 3 aromatic rings. The van der Waals surface area contributed by atoms with Crippen molar-refractivity contribution in [2.75, 3.05) is 33.4 Å². The number of rotatable bonds is 5. The first-order chi connectivity index (χ1) is 15.3. The fourth-order valence-corrected chi connectivity index (χ4v) is 5.29. The van der Waals surface area contributed by atoms with E-state index in [1.165, 1.54) is 27.5 Å². The average Bonchev–Trinajstić information content (AvgIpc) is 2.81. The molecule has 0 radical (unpaired) electrons. The van der Waals surface area contributed by atoms with Crippen LogP contribution in [0.25, 0.3) is 10.9 Å². The van der Waals surface area contributed by atoms with E-state index in [1.54, 1.807) is 24.7 Å². The summed E-state index contributed by atoms with van der Waals surface area (Å²) in [5.41, 5.74) is 1.01. The summed E-state index contributed by atoms with van der Waals surface area (Å²) >= 11 is 0. The van der Waals surface area contributed by atoms with Gasteiger partial charge in [0.25, 0.3) is 5.91 Å². The molecule has 1 fully saturated rings. The molecule has 0 bridgehead atoms. The molecule has 0 unspecified atom stereocenters. The van der Waals surface area contributed by atoms with Crippen molar-refractivity contribution in [2.45, 2.75) is 11.4 Å². The van der Waals surface area contributed by atoms with Gasteiger partial charge in [-0.1, -0.05) is 30.3 Å². The highest BCUT2D eigenvalue weighted by Gasteiger charge is 2.27. The topological polar surface area (TPSA) is 88.9 Å². The van der Waals surface area contributed by atoms with E-state index in [0.717, 1.165) is 5.56 Å². The number of nitrogens with zero attached hydrogens (tertiary/aromatic N) is 3. The van der Waals surface area contributed by atoms with Gasteiger partial charge in [-0.2, -0.15) is 4.31 Å². The number of hydrogen-bond acceptors (Lipinski definition) is 5. The Morgan fingerprint density at radius 3 is 2.47 bits per heavy atom. The van der Waals surface area contributed by atoms with E-state index in [1.807, 2.05) is 30.3 Å². The van der Waals surface area contributed by atoms with Gasteiger partial charge in [0.1, 0.15) is 5.56 Å². The van der Waals surface area contributed by atoms with Crippen molar-refractivity contribution in [3.05, 3.63) is 76.1 Å². The Hall–Kier alpha value is -3.01. The molecule has 1 amide bonds. The highest BCUT2D eigenvalue weighted by molar-refractivity contribution is 7.89. The van der Waals surface area contributed by atoms with Crippen LogP contribution < -0.4 is 5.43 Å². The lowest BCUT2D eigenvalue weighted by Gasteiger charge is -2.26. The molecule has 4 rings (SSSR count). The monoisotopic (exact) mass is 455 g/mol. The second-order valence-corrected chi connectivity index (χ2v) is 9.76.